The van der Waals surface area contributed by atoms with E-state index in [0.29, 0.717) is 19.1 Å². The molecular weight excluding hydrogens is 234 g/mol. The largest absolute Gasteiger partial charge is 0.493 e. The van der Waals surface area contributed by atoms with Crippen LogP contribution in [0.15, 0.2) is 54.6 Å². The summed E-state index contributed by atoms with van der Waals surface area (Å²) in [6.07, 6.45) is 0.940. The van der Waals surface area contributed by atoms with Gasteiger partial charge in [0.25, 0.3) is 0 Å². The fourth-order valence-corrected chi connectivity index (χ4v) is 2.18. The van der Waals surface area contributed by atoms with Crippen LogP contribution >= 0.6 is 0 Å². The quantitative estimate of drug-likeness (QED) is 0.857. The summed E-state index contributed by atoms with van der Waals surface area (Å²) >= 11 is 0. The van der Waals surface area contributed by atoms with Gasteiger partial charge in [0, 0.05) is 5.92 Å². The second-order valence-corrected chi connectivity index (χ2v) is 4.76. The number of ether oxygens (including phenoxy) is 1. The van der Waals surface area contributed by atoms with Gasteiger partial charge < -0.3 is 10.5 Å². The Kier molecular flexibility index (Phi) is 4.99. The standard InChI is InChI=1S/C17H21NO/c1-14-7-5-6-10-17(14)19-13-16(11-12-18)15-8-3-2-4-9-15/h2-10,16H,11-13,18H2,1H3. The molecule has 2 N–H and O–H groups in total. The fraction of sp³-hybridized carbons (Fsp3) is 0.294. The van der Waals surface area contributed by atoms with Crippen LogP contribution in [0.1, 0.15) is 23.5 Å². The van der Waals surface area contributed by atoms with E-state index in [-0.39, 0.29) is 0 Å². The predicted octanol–water partition coefficient (Wildman–Crippen LogP) is 3.51. The molecular formula is C17H21NO. The molecule has 2 nitrogen and oxygen atoms in total. The first-order chi connectivity index (χ1) is 9.31. The van der Waals surface area contributed by atoms with Gasteiger partial charge in [-0.2, -0.15) is 0 Å². The lowest BCUT2D eigenvalue weighted by atomic mass is 9.97. The van der Waals surface area contributed by atoms with Crippen LogP contribution in [0, 0.1) is 6.92 Å². The van der Waals surface area contributed by atoms with Crippen LogP contribution in [0.25, 0.3) is 0 Å². The Morgan fingerprint density at radius 2 is 1.68 bits per heavy atom. The number of benzene rings is 2. The molecule has 0 amide bonds. The number of para-hydroxylation sites is 1. The maximum Gasteiger partial charge on any atom is 0.122 e. The molecule has 2 aromatic rings. The number of aryl methyl sites for hydroxylation is 1. The molecule has 0 aliphatic heterocycles. The summed E-state index contributed by atoms with van der Waals surface area (Å²) in [6, 6.07) is 18.5. The minimum absolute atomic E-state index is 0.353. The van der Waals surface area contributed by atoms with Crippen molar-refractivity contribution in [2.45, 2.75) is 19.3 Å². The van der Waals surface area contributed by atoms with E-state index in [4.69, 9.17) is 10.5 Å². The third-order valence-corrected chi connectivity index (χ3v) is 3.32. The van der Waals surface area contributed by atoms with Crippen molar-refractivity contribution < 1.29 is 4.74 Å². The third kappa shape index (κ3) is 3.83. The summed E-state index contributed by atoms with van der Waals surface area (Å²) in [5.41, 5.74) is 8.17. The van der Waals surface area contributed by atoms with Crippen molar-refractivity contribution in [3.63, 3.8) is 0 Å². The molecule has 0 radical (unpaired) electrons. The number of hydrogen-bond donors (Lipinski definition) is 1. The van der Waals surface area contributed by atoms with E-state index in [1.807, 2.05) is 24.3 Å². The summed E-state index contributed by atoms with van der Waals surface area (Å²) in [5.74, 6) is 1.31. The van der Waals surface area contributed by atoms with Gasteiger partial charge in [0.15, 0.2) is 0 Å². The van der Waals surface area contributed by atoms with Crippen LogP contribution in [0.5, 0.6) is 5.75 Å². The summed E-state index contributed by atoms with van der Waals surface area (Å²) in [5, 5.41) is 0. The van der Waals surface area contributed by atoms with Crippen LogP contribution in [-0.2, 0) is 0 Å². The number of rotatable bonds is 6. The van der Waals surface area contributed by atoms with E-state index in [9.17, 15) is 0 Å². The fourth-order valence-electron chi connectivity index (χ4n) is 2.18. The number of hydrogen-bond acceptors (Lipinski definition) is 2. The normalized spacial score (nSPS) is 12.1. The highest BCUT2D eigenvalue weighted by molar-refractivity contribution is 5.32. The lowest BCUT2D eigenvalue weighted by molar-refractivity contribution is 0.281. The molecule has 0 aromatic heterocycles. The van der Waals surface area contributed by atoms with Crippen LogP contribution < -0.4 is 10.5 Å². The Labute approximate surface area is 115 Å². The maximum atomic E-state index is 5.95. The molecule has 2 heteroatoms. The molecule has 0 saturated heterocycles. The zero-order valence-electron chi connectivity index (χ0n) is 11.4. The van der Waals surface area contributed by atoms with Crippen LogP contribution in [0.2, 0.25) is 0 Å². The Balaban J connectivity index is 2.04. The molecule has 1 atom stereocenters. The van der Waals surface area contributed by atoms with Crippen molar-refractivity contribution in [2.75, 3.05) is 13.2 Å². The van der Waals surface area contributed by atoms with E-state index in [2.05, 4.69) is 37.3 Å². The zero-order chi connectivity index (χ0) is 13.5. The summed E-state index contributed by atoms with van der Waals surface area (Å²) in [7, 11) is 0. The molecule has 19 heavy (non-hydrogen) atoms. The molecule has 0 heterocycles. The minimum Gasteiger partial charge on any atom is -0.493 e. The lowest BCUT2D eigenvalue weighted by Crippen LogP contribution is -2.15. The first kappa shape index (κ1) is 13.6. The van der Waals surface area contributed by atoms with Crippen molar-refractivity contribution in [3.8, 4) is 5.75 Å². The third-order valence-electron chi connectivity index (χ3n) is 3.32. The molecule has 0 saturated carbocycles. The van der Waals surface area contributed by atoms with Gasteiger partial charge in [0.1, 0.15) is 5.75 Å². The van der Waals surface area contributed by atoms with Crippen molar-refractivity contribution in [3.05, 3.63) is 65.7 Å². The van der Waals surface area contributed by atoms with Gasteiger partial charge in [-0.15, -0.1) is 0 Å². The van der Waals surface area contributed by atoms with Gasteiger partial charge in [-0.1, -0.05) is 48.5 Å². The smallest absolute Gasteiger partial charge is 0.122 e. The van der Waals surface area contributed by atoms with Crippen molar-refractivity contribution in [1.82, 2.24) is 0 Å². The molecule has 0 fully saturated rings. The predicted molar refractivity (Wildman–Crippen MR) is 79.5 cm³/mol. The van der Waals surface area contributed by atoms with E-state index in [0.717, 1.165) is 12.2 Å². The summed E-state index contributed by atoms with van der Waals surface area (Å²) in [4.78, 5) is 0. The molecule has 2 aromatic carbocycles. The zero-order valence-corrected chi connectivity index (χ0v) is 11.4. The monoisotopic (exact) mass is 255 g/mol. The molecule has 0 spiro atoms. The molecule has 100 valence electrons. The van der Waals surface area contributed by atoms with Crippen molar-refractivity contribution >= 4 is 0 Å². The lowest BCUT2D eigenvalue weighted by Gasteiger charge is -2.18. The molecule has 0 bridgehead atoms. The Morgan fingerprint density at radius 1 is 1.00 bits per heavy atom. The summed E-state index contributed by atoms with van der Waals surface area (Å²) < 4.78 is 5.95. The van der Waals surface area contributed by atoms with Gasteiger partial charge >= 0.3 is 0 Å². The number of nitrogens with two attached hydrogens (primary N) is 1. The maximum absolute atomic E-state index is 5.95. The Hall–Kier alpha value is -1.80. The Bertz CT molecular complexity index is 496. The highest BCUT2D eigenvalue weighted by atomic mass is 16.5. The molecule has 1 unspecified atom stereocenters. The van der Waals surface area contributed by atoms with Gasteiger partial charge in [-0.3, -0.25) is 0 Å². The van der Waals surface area contributed by atoms with Gasteiger partial charge in [0.2, 0.25) is 0 Å². The average molecular weight is 255 g/mol. The highest BCUT2D eigenvalue weighted by Gasteiger charge is 2.11. The molecule has 0 aliphatic rings. The molecule has 0 aliphatic carbocycles. The first-order valence-electron chi connectivity index (χ1n) is 6.74. The minimum atomic E-state index is 0.353. The van der Waals surface area contributed by atoms with Gasteiger partial charge in [0.05, 0.1) is 6.61 Å². The second-order valence-electron chi connectivity index (χ2n) is 4.76. The second kappa shape index (κ2) is 6.95. The first-order valence-corrected chi connectivity index (χ1v) is 6.74. The Morgan fingerprint density at radius 3 is 2.37 bits per heavy atom. The van der Waals surface area contributed by atoms with Crippen LogP contribution in [-0.4, -0.2) is 13.2 Å². The van der Waals surface area contributed by atoms with Crippen molar-refractivity contribution in [1.29, 1.82) is 0 Å². The summed E-state index contributed by atoms with van der Waals surface area (Å²) in [6.45, 7) is 3.42. The van der Waals surface area contributed by atoms with E-state index in [1.54, 1.807) is 0 Å². The van der Waals surface area contributed by atoms with E-state index < -0.39 is 0 Å². The van der Waals surface area contributed by atoms with Crippen LogP contribution in [0.3, 0.4) is 0 Å². The van der Waals surface area contributed by atoms with Crippen LogP contribution in [0.4, 0.5) is 0 Å². The van der Waals surface area contributed by atoms with E-state index in [1.165, 1.54) is 11.1 Å². The SMILES string of the molecule is Cc1ccccc1OCC(CCN)c1ccccc1. The average Bonchev–Trinajstić information content (AvgIpc) is 2.46. The van der Waals surface area contributed by atoms with Crippen molar-refractivity contribution in [2.24, 2.45) is 5.73 Å². The van der Waals surface area contributed by atoms with E-state index >= 15 is 0 Å². The van der Waals surface area contributed by atoms with Gasteiger partial charge in [-0.05, 0) is 37.1 Å². The topological polar surface area (TPSA) is 35.2 Å². The van der Waals surface area contributed by atoms with Gasteiger partial charge in [-0.25, -0.2) is 0 Å². The highest BCUT2D eigenvalue weighted by Crippen LogP contribution is 2.22. The molecule has 2 rings (SSSR count).